The van der Waals surface area contributed by atoms with Crippen molar-refractivity contribution in [3.05, 3.63) is 22.2 Å². The lowest BCUT2D eigenvalue weighted by Gasteiger charge is -2.06. The van der Waals surface area contributed by atoms with Crippen LogP contribution < -0.4 is 4.74 Å². The zero-order chi connectivity index (χ0) is 10.0. The number of ether oxygens (including phenoxy) is 1. The predicted octanol–water partition coefficient (Wildman–Crippen LogP) is 3.21. The number of rotatable bonds is 1. The van der Waals surface area contributed by atoms with Gasteiger partial charge in [-0.15, -0.1) is 12.6 Å². The highest BCUT2D eigenvalue weighted by atomic mass is 35.5. The van der Waals surface area contributed by atoms with Crippen LogP contribution in [-0.2, 0) is 4.79 Å². The highest BCUT2D eigenvalue weighted by Crippen LogP contribution is 2.35. The Morgan fingerprint density at radius 1 is 1.38 bits per heavy atom. The monoisotopic (exact) mass is 236 g/mol. The first-order valence-corrected chi connectivity index (χ1v) is 4.57. The number of esters is 1. The molecule has 70 valence electrons. The Labute approximate surface area is 91.2 Å². The molecule has 13 heavy (non-hydrogen) atoms. The zero-order valence-electron chi connectivity index (χ0n) is 6.67. The summed E-state index contributed by atoms with van der Waals surface area (Å²) in [6.07, 6.45) is 0. The van der Waals surface area contributed by atoms with E-state index in [2.05, 4.69) is 12.6 Å². The normalized spacial score (nSPS) is 9.85. The van der Waals surface area contributed by atoms with Gasteiger partial charge >= 0.3 is 5.97 Å². The average molecular weight is 237 g/mol. The van der Waals surface area contributed by atoms with Crippen LogP contribution in [0.15, 0.2) is 17.0 Å². The van der Waals surface area contributed by atoms with Gasteiger partial charge in [0.15, 0.2) is 5.75 Å². The molecule has 0 saturated heterocycles. The standard InChI is InChI=1S/C8H6Cl2O2S/c1-4(11)12-8-6(9)2-5(13)3-7(8)10/h2-3,13H,1H3. The van der Waals surface area contributed by atoms with Crippen molar-refractivity contribution in [3.8, 4) is 5.75 Å². The van der Waals surface area contributed by atoms with Crippen LogP contribution in [-0.4, -0.2) is 5.97 Å². The summed E-state index contributed by atoms with van der Waals surface area (Å²) in [5.74, 6) is -0.288. The van der Waals surface area contributed by atoms with E-state index in [0.29, 0.717) is 4.90 Å². The molecule has 0 atom stereocenters. The van der Waals surface area contributed by atoms with Gasteiger partial charge in [-0.05, 0) is 12.1 Å². The molecule has 0 aliphatic heterocycles. The van der Waals surface area contributed by atoms with Gasteiger partial charge in [0, 0.05) is 11.8 Å². The molecule has 0 unspecified atom stereocenters. The molecule has 0 aliphatic rings. The molecule has 0 N–H and O–H groups in total. The molecule has 0 bridgehead atoms. The molecule has 2 nitrogen and oxygen atoms in total. The fourth-order valence-corrected chi connectivity index (χ4v) is 1.76. The molecule has 5 heteroatoms. The average Bonchev–Trinajstić information content (AvgIpc) is 1.96. The van der Waals surface area contributed by atoms with E-state index in [4.69, 9.17) is 27.9 Å². The second-order valence-corrected chi connectivity index (χ2v) is 3.66. The molecular weight excluding hydrogens is 231 g/mol. The number of carbonyl (C=O) groups is 1. The molecule has 0 spiro atoms. The Morgan fingerprint density at radius 3 is 2.23 bits per heavy atom. The first-order valence-electron chi connectivity index (χ1n) is 3.37. The fraction of sp³-hybridized carbons (Fsp3) is 0.125. The van der Waals surface area contributed by atoms with Crippen molar-refractivity contribution in [2.45, 2.75) is 11.8 Å². The summed E-state index contributed by atoms with van der Waals surface area (Å²) in [6.45, 7) is 1.28. The Balaban J connectivity index is 3.13. The lowest BCUT2D eigenvalue weighted by atomic mass is 10.3. The topological polar surface area (TPSA) is 26.3 Å². The summed E-state index contributed by atoms with van der Waals surface area (Å²) in [5, 5.41) is 0.542. The Bertz CT molecular complexity index is 329. The number of carbonyl (C=O) groups excluding carboxylic acids is 1. The van der Waals surface area contributed by atoms with Crippen LogP contribution >= 0.6 is 35.8 Å². The lowest BCUT2D eigenvalue weighted by molar-refractivity contribution is -0.131. The molecule has 0 radical (unpaired) electrons. The number of benzene rings is 1. The first kappa shape index (κ1) is 10.7. The minimum Gasteiger partial charge on any atom is -0.424 e. The van der Waals surface area contributed by atoms with Crippen molar-refractivity contribution < 1.29 is 9.53 Å². The van der Waals surface area contributed by atoms with Crippen LogP contribution in [0, 0.1) is 0 Å². The van der Waals surface area contributed by atoms with Crippen LogP contribution in [0.4, 0.5) is 0 Å². The Hall–Kier alpha value is -0.380. The van der Waals surface area contributed by atoms with E-state index in [9.17, 15) is 4.79 Å². The molecule has 0 fully saturated rings. The van der Waals surface area contributed by atoms with Gasteiger partial charge in [0.25, 0.3) is 0 Å². The summed E-state index contributed by atoms with van der Waals surface area (Å²) in [6, 6.07) is 3.10. The van der Waals surface area contributed by atoms with Crippen molar-refractivity contribution in [2.24, 2.45) is 0 Å². The molecule has 1 aromatic rings. The second kappa shape index (κ2) is 4.22. The fourth-order valence-electron chi connectivity index (χ4n) is 0.788. The van der Waals surface area contributed by atoms with Crippen LogP contribution in [0.3, 0.4) is 0 Å². The third-order valence-electron chi connectivity index (χ3n) is 1.23. The maximum Gasteiger partial charge on any atom is 0.308 e. The van der Waals surface area contributed by atoms with Crippen LogP contribution in [0.1, 0.15) is 6.92 Å². The Kier molecular flexibility index (Phi) is 3.47. The van der Waals surface area contributed by atoms with Crippen molar-refractivity contribution in [1.82, 2.24) is 0 Å². The Morgan fingerprint density at radius 2 is 1.85 bits per heavy atom. The third-order valence-corrected chi connectivity index (χ3v) is 2.05. The SMILES string of the molecule is CC(=O)Oc1c(Cl)cc(S)cc1Cl. The van der Waals surface area contributed by atoms with Gasteiger partial charge in [0.1, 0.15) is 0 Å². The minimum atomic E-state index is -0.462. The molecule has 0 amide bonds. The molecule has 0 aliphatic carbocycles. The lowest BCUT2D eigenvalue weighted by Crippen LogP contribution is -2.02. The van der Waals surface area contributed by atoms with Gasteiger partial charge in [0.05, 0.1) is 10.0 Å². The quantitative estimate of drug-likeness (QED) is 0.461. The van der Waals surface area contributed by atoms with E-state index >= 15 is 0 Å². The molecule has 0 heterocycles. The molecule has 0 saturated carbocycles. The summed E-state index contributed by atoms with van der Waals surface area (Å²) in [5.41, 5.74) is 0. The maximum absolute atomic E-state index is 10.6. The van der Waals surface area contributed by atoms with Gasteiger partial charge in [-0.25, -0.2) is 0 Å². The second-order valence-electron chi connectivity index (χ2n) is 2.33. The molecule has 0 aromatic heterocycles. The third kappa shape index (κ3) is 2.79. The van der Waals surface area contributed by atoms with E-state index in [1.54, 1.807) is 12.1 Å². The van der Waals surface area contributed by atoms with Gasteiger partial charge in [-0.1, -0.05) is 23.2 Å². The summed E-state index contributed by atoms with van der Waals surface area (Å²) in [4.78, 5) is 11.3. The smallest absolute Gasteiger partial charge is 0.308 e. The zero-order valence-corrected chi connectivity index (χ0v) is 9.08. The molecule has 1 rings (SSSR count). The maximum atomic E-state index is 10.6. The molecule has 1 aromatic carbocycles. The van der Waals surface area contributed by atoms with Crippen molar-refractivity contribution in [3.63, 3.8) is 0 Å². The van der Waals surface area contributed by atoms with Crippen molar-refractivity contribution >= 4 is 41.8 Å². The van der Waals surface area contributed by atoms with Gasteiger partial charge in [0.2, 0.25) is 0 Å². The van der Waals surface area contributed by atoms with Gasteiger partial charge < -0.3 is 4.74 Å². The summed E-state index contributed by atoms with van der Waals surface area (Å²) >= 11 is 15.6. The van der Waals surface area contributed by atoms with E-state index < -0.39 is 5.97 Å². The van der Waals surface area contributed by atoms with E-state index in [-0.39, 0.29) is 15.8 Å². The van der Waals surface area contributed by atoms with Crippen molar-refractivity contribution in [1.29, 1.82) is 0 Å². The van der Waals surface area contributed by atoms with E-state index in [1.165, 1.54) is 6.92 Å². The van der Waals surface area contributed by atoms with Crippen LogP contribution in [0.5, 0.6) is 5.75 Å². The summed E-state index contributed by atoms with van der Waals surface area (Å²) in [7, 11) is 0. The van der Waals surface area contributed by atoms with Crippen LogP contribution in [0.2, 0.25) is 10.0 Å². The predicted molar refractivity (Wildman–Crippen MR) is 55.0 cm³/mol. The highest BCUT2D eigenvalue weighted by Gasteiger charge is 2.10. The van der Waals surface area contributed by atoms with E-state index in [0.717, 1.165) is 0 Å². The largest absolute Gasteiger partial charge is 0.424 e. The first-order chi connectivity index (χ1) is 6.00. The van der Waals surface area contributed by atoms with Gasteiger partial charge in [-0.3, -0.25) is 4.79 Å². The van der Waals surface area contributed by atoms with E-state index in [1.807, 2.05) is 0 Å². The molecular formula is C8H6Cl2O2S. The number of halogens is 2. The van der Waals surface area contributed by atoms with Crippen LogP contribution in [0.25, 0.3) is 0 Å². The van der Waals surface area contributed by atoms with Crippen molar-refractivity contribution in [2.75, 3.05) is 0 Å². The summed E-state index contributed by atoms with van der Waals surface area (Å²) < 4.78 is 4.79. The number of thiol groups is 1. The minimum absolute atomic E-state index is 0.175. The number of hydrogen-bond donors (Lipinski definition) is 1. The highest BCUT2D eigenvalue weighted by molar-refractivity contribution is 7.80. The van der Waals surface area contributed by atoms with Gasteiger partial charge in [-0.2, -0.15) is 0 Å². The number of hydrogen-bond acceptors (Lipinski definition) is 3.